The number of ether oxygens (including phenoxy) is 1. The number of thiol groups is 3. The molecule has 11 heteroatoms. The van der Waals surface area contributed by atoms with Gasteiger partial charge in [-0.25, -0.2) is 14.4 Å². The summed E-state index contributed by atoms with van der Waals surface area (Å²) >= 11 is 12.1. The zero-order valence-corrected chi connectivity index (χ0v) is 17.5. The van der Waals surface area contributed by atoms with E-state index >= 15 is 0 Å². The Hall–Kier alpha value is -2.24. The number of aromatic nitrogens is 4. The lowest BCUT2D eigenvalue weighted by Gasteiger charge is -2.17. The van der Waals surface area contributed by atoms with E-state index in [0.29, 0.717) is 28.8 Å². The van der Waals surface area contributed by atoms with Crippen LogP contribution in [0.15, 0.2) is 36.7 Å². The fourth-order valence-electron chi connectivity index (χ4n) is 2.63. The number of rotatable bonds is 6. The van der Waals surface area contributed by atoms with Gasteiger partial charge in [-0.2, -0.15) is 0 Å². The Bertz CT molecular complexity index is 1040. The predicted molar refractivity (Wildman–Crippen MR) is 117 cm³/mol. The van der Waals surface area contributed by atoms with Gasteiger partial charge in [0.15, 0.2) is 0 Å². The van der Waals surface area contributed by atoms with Crippen molar-refractivity contribution in [2.24, 2.45) is 0 Å². The first kappa shape index (κ1) is 20.0. The summed E-state index contributed by atoms with van der Waals surface area (Å²) < 4.78 is 18.2. The highest BCUT2D eigenvalue weighted by Gasteiger charge is 2.22. The number of phenolic OH excluding ortho intramolecular Hbond substituents is 1. The van der Waals surface area contributed by atoms with Crippen LogP contribution in [0.4, 0.5) is 10.3 Å². The SMILES string of the molecule is Oc1cc(-c2cc(OC(S)(S)S)ncc2F)ccc1-c1cnc(NC2CC2)nn1. The predicted octanol–water partition coefficient (Wildman–Crippen LogP) is 3.80. The van der Waals surface area contributed by atoms with Crippen molar-refractivity contribution in [2.45, 2.75) is 22.5 Å². The largest absolute Gasteiger partial charge is 0.507 e. The Balaban J connectivity index is 1.61. The summed E-state index contributed by atoms with van der Waals surface area (Å²) in [5, 5.41) is 21.7. The van der Waals surface area contributed by atoms with Gasteiger partial charge in [0.25, 0.3) is 0 Å². The maximum absolute atomic E-state index is 14.3. The summed E-state index contributed by atoms with van der Waals surface area (Å²) in [6, 6.07) is 6.47. The number of anilines is 1. The van der Waals surface area contributed by atoms with Crippen LogP contribution in [0.25, 0.3) is 22.4 Å². The average molecular weight is 450 g/mol. The van der Waals surface area contributed by atoms with Gasteiger partial charge in [0.1, 0.15) is 17.3 Å². The highest BCUT2D eigenvalue weighted by molar-refractivity contribution is 8.16. The van der Waals surface area contributed by atoms with Crippen LogP contribution in [-0.2, 0) is 0 Å². The van der Waals surface area contributed by atoms with Crippen molar-refractivity contribution in [1.82, 2.24) is 20.2 Å². The smallest absolute Gasteiger partial charge is 0.242 e. The van der Waals surface area contributed by atoms with Gasteiger partial charge in [-0.1, -0.05) is 6.07 Å². The Morgan fingerprint density at radius 2 is 1.86 bits per heavy atom. The van der Waals surface area contributed by atoms with Gasteiger partial charge in [0, 0.05) is 23.2 Å². The zero-order chi connectivity index (χ0) is 20.6. The summed E-state index contributed by atoms with van der Waals surface area (Å²) in [5.41, 5.74) is 1.44. The van der Waals surface area contributed by atoms with Gasteiger partial charge in [-0.15, -0.1) is 48.1 Å². The van der Waals surface area contributed by atoms with E-state index in [2.05, 4.69) is 63.4 Å². The van der Waals surface area contributed by atoms with Crippen molar-refractivity contribution in [2.75, 3.05) is 5.32 Å². The summed E-state index contributed by atoms with van der Waals surface area (Å²) in [5.74, 6) is -0.136. The van der Waals surface area contributed by atoms with Crippen molar-refractivity contribution in [3.05, 3.63) is 42.5 Å². The minimum Gasteiger partial charge on any atom is -0.507 e. The number of hydrogen-bond donors (Lipinski definition) is 5. The molecule has 1 aromatic carbocycles. The van der Waals surface area contributed by atoms with Crippen molar-refractivity contribution < 1.29 is 14.2 Å². The third kappa shape index (κ3) is 5.03. The number of aromatic hydroxyl groups is 1. The van der Waals surface area contributed by atoms with Crippen LogP contribution in [-0.4, -0.2) is 34.9 Å². The van der Waals surface area contributed by atoms with Crippen LogP contribution in [0, 0.1) is 5.82 Å². The topological polar surface area (TPSA) is 93.0 Å². The van der Waals surface area contributed by atoms with E-state index in [1.807, 2.05) is 0 Å². The molecule has 29 heavy (non-hydrogen) atoms. The molecule has 0 saturated heterocycles. The lowest BCUT2D eigenvalue weighted by atomic mass is 10.0. The molecule has 0 spiro atoms. The molecule has 4 rings (SSSR count). The van der Waals surface area contributed by atoms with E-state index in [0.717, 1.165) is 19.0 Å². The molecule has 0 atom stereocenters. The zero-order valence-electron chi connectivity index (χ0n) is 14.8. The molecule has 1 aliphatic carbocycles. The maximum atomic E-state index is 14.3. The molecule has 0 radical (unpaired) electrons. The quantitative estimate of drug-likeness (QED) is 0.289. The van der Waals surface area contributed by atoms with Gasteiger partial charge >= 0.3 is 0 Å². The first-order chi connectivity index (χ1) is 13.8. The molecule has 150 valence electrons. The summed E-state index contributed by atoms with van der Waals surface area (Å²) in [4.78, 5) is 8.05. The van der Waals surface area contributed by atoms with Crippen molar-refractivity contribution in [3.8, 4) is 34.0 Å². The third-order valence-corrected chi connectivity index (χ3v) is 4.40. The Kier molecular flexibility index (Phi) is 5.45. The van der Waals surface area contributed by atoms with Crippen LogP contribution < -0.4 is 10.1 Å². The number of nitrogens with zero attached hydrogens (tertiary/aromatic N) is 4. The van der Waals surface area contributed by atoms with Crippen LogP contribution in [0.2, 0.25) is 0 Å². The van der Waals surface area contributed by atoms with E-state index in [1.165, 1.54) is 18.3 Å². The molecule has 0 bridgehead atoms. The summed E-state index contributed by atoms with van der Waals surface area (Å²) in [6.45, 7) is 0. The fraction of sp³-hybridized carbons (Fsp3) is 0.222. The van der Waals surface area contributed by atoms with Crippen LogP contribution in [0.1, 0.15) is 12.8 Å². The van der Waals surface area contributed by atoms with Crippen molar-refractivity contribution in [3.63, 3.8) is 0 Å². The first-order valence-corrected chi connectivity index (χ1v) is 9.94. The lowest BCUT2D eigenvalue weighted by Crippen LogP contribution is -2.14. The number of phenols is 1. The minimum absolute atomic E-state index is 0.0822. The van der Waals surface area contributed by atoms with Crippen LogP contribution in [0.5, 0.6) is 11.6 Å². The monoisotopic (exact) mass is 449 g/mol. The highest BCUT2D eigenvalue weighted by atomic mass is 32.2. The van der Waals surface area contributed by atoms with Gasteiger partial charge < -0.3 is 15.2 Å². The van der Waals surface area contributed by atoms with E-state index in [9.17, 15) is 9.50 Å². The molecular formula is C18H16FN5O2S3. The maximum Gasteiger partial charge on any atom is 0.242 e. The van der Waals surface area contributed by atoms with Crippen LogP contribution >= 0.6 is 37.9 Å². The van der Waals surface area contributed by atoms with Crippen molar-refractivity contribution in [1.29, 1.82) is 0 Å². The molecule has 0 amide bonds. The summed E-state index contributed by atoms with van der Waals surface area (Å²) in [6.07, 6.45) is 4.74. The number of nitrogens with one attached hydrogen (secondary N) is 1. The lowest BCUT2D eigenvalue weighted by molar-refractivity contribution is 0.330. The molecule has 1 fully saturated rings. The Morgan fingerprint density at radius 1 is 1.07 bits per heavy atom. The third-order valence-electron chi connectivity index (χ3n) is 4.13. The molecule has 0 unspecified atom stereocenters. The second-order valence-corrected chi connectivity index (χ2v) is 9.44. The average Bonchev–Trinajstić information content (AvgIpc) is 3.47. The molecule has 2 N–H and O–H groups in total. The minimum atomic E-state index is -1.37. The first-order valence-electron chi connectivity index (χ1n) is 8.60. The van der Waals surface area contributed by atoms with E-state index in [1.54, 1.807) is 12.1 Å². The second-order valence-electron chi connectivity index (χ2n) is 6.50. The Morgan fingerprint density at radius 3 is 2.48 bits per heavy atom. The van der Waals surface area contributed by atoms with Gasteiger partial charge in [-0.3, -0.25) is 0 Å². The number of pyridine rings is 1. The van der Waals surface area contributed by atoms with Crippen molar-refractivity contribution >= 4 is 43.8 Å². The molecule has 2 aromatic heterocycles. The standard InChI is InChI=1S/C18H16FN5O2S3/c19-13-7-20-16(26-18(27,28)29)6-12(13)9-1-4-11(15(25)5-9)14-8-21-17(24-23-14)22-10-2-3-10/h1,4-8,10,25,27-29H,2-3H2,(H,21,22,24). The molecular weight excluding hydrogens is 433 g/mol. The molecule has 7 nitrogen and oxygen atoms in total. The molecule has 1 saturated carbocycles. The summed E-state index contributed by atoms with van der Waals surface area (Å²) in [7, 11) is 0. The molecule has 2 heterocycles. The van der Waals surface area contributed by atoms with Gasteiger partial charge in [-0.05, 0) is 30.5 Å². The molecule has 1 aliphatic rings. The van der Waals surface area contributed by atoms with Crippen LogP contribution in [0.3, 0.4) is 0 Å². The number of hydrogen-bond acceptors (Lipinski definition) is 10. The Labute approximate surface area is 182 Å². The highest BCUT2D eigenvalue weighted by Crippen LogP contribution is 2.35. The number of halogens is 1. The van der Waals surface area contributed by atoms with Gasteiger partial charge in [0.05, 0.1) is 12.4 Å². The fourth-order valence-corrected chi connectivity index (χ4v) is 2.91. The van der Waals surface area contributed by atoms with Gasteiger partial charge in [0.2, 0.25) is 15.4 Å². The van der Waals surface area contributed by atoms with E-state index < -0.39 is 9.41 Å². The second kappa shape index (κ2) is 7.88. The van der Waals surface area contributed by atoms with E-state index in [4.69, 9.17) is 4.74 Å². The normalized spacial score (nSPS) is 13.9. The molecule has 3 aromatic rings. The molecule has 0 aliphatic heterocycles. The van der Waals surface area contributed by atoms with E-state index in [-0.39, 0.29) is 17.2 Å². The number of benzene rings is 1.